The minimum absolute atomic E-state index is 0.135. The van der Waals surface area contributed by atoms with Crippen LogP contribution in [0.3, 0.4) is 0 Å². The molecule has 0 bridgehead atoms. The summed E-state index contributed by atoms with van der Waals surface area (Å²) in [4.78, 5) is 11.1. The van der Waals surface area contributed by atoms with Crippen molar-refractivity contribution < 1.29 is 17.9 Å². The van der Waals surface area contributed by atoms with Crippen molar-refractivity contribution in [2.45, 2.75) is 19.9 Å². The van der Waals surface area contributed by atoms with E-state index in [1.54, 1.807) is 6.92 Å². The van der Waals surface area contributed by atoms with E-state index in [0.29, 0.717) is 0 Å². The van der Waals surface area contributed by atoms with Crippen LogP contribution in [0.15, 0.2) is 28.7 Å². The summed E-state index contributed by atoms with van der Waals surface area (Å²) in [5.74, 6) is -0.765. The molecular weight excluding hydrogens is 334 g/mol. The van der Waals surface area contributed by atoms with E-state index in [9.17, 15) is 13.2 Å². The molecular formula is C12H16BrNO4S. The third-order valence-electron chi connectivity index (χ3n) is 2.29. The van der Waals surface area contributed by atoms with Gasteiger partial charge in [0.05, 0.1) is 18.8 Å². The van der Waals surface area contributed by atoms with Gasteiger partial charge in [-0.3, -0.25) is 4.79 Å². The lowest BCUT2D eigenvalue weighted by atomic mass is 10.2. The highest BCUT2D eigenvalue weighted by Gasteiger charge is 2.13. The Bertz CT molecular complexity index is 513. The maximum atomic E-state index is 11.7. The van der Waals surface area contributed by atoms with Gasteiger partial charge in [-0.05, 0) is 24.6 Å². The molecule has 0 aromatic heterocycles. The Hall–Kier alpha value is -0.920. The van der Waals surface area contributed by atoms with Gasteiger partial charge in [0.2, 0.25) is 10.0 Å². The largest absolute Gasteiger partial charge is 0.466 e. The number of sulfonamides is 1. The highest BCUT2D eigenvalue weighted by molar-refractivity contribution is 9.10. The summed E-state index contributed by atoms with van der Waals surface area (Å²) in [5.41, 5.74) is 0.850. The van der Waals surface area contributed by atoms with E-state index in [1.807, 2.05) is 24.3 Å². The highest BCUT2D eigenvalue weighted by atomic mass is 79.9. The van der Waals surface area contributed by atoms with Crippen LogP contribution in [-0.2, 0) is 26.1 Å². The van der Waals surface area contributed by atoms with Crippen LogP contribution in [0.1, 0.15) is 18.9 Å². The first kappa shape index (κ1) is 16.1. The molecule has 0 amide bonds. The lowest BCUT2D eigenvalue weighted by Gasteiger charge is -2.06. The molecule has 1 rings (SSSR count). The summed E-state index contributed by atoms with van der Waals surface area (Å²) in [6, 6.07) is 7.31. The Morgan fingerprint density at radius 2 is 1.95 bits per heavy atom. The van der Waals surface area contributed by atoms with Crippen molar-refractivity contribution in [3.63, 3.8) is 0 Å². The number of rotatable bonds is 7. The molecule has 0 unspecified atom stereocenters. The molecule has 106 valence electrons. The molecule has 0 aliphatic carbocycles. The van der Waals surface area contributed by atoms with Crippen molar-refractivity contribution in [1.29, 1.82) is 0 Å². The Kier molecular flexibility index (Phi) is 6.47. The van der Waals surface area contributed by atoms with E-state index < -0.39 is 16.0 Å². The first-order valence-corrected chi connectivity index (χ1v) is 8.25. The topological polar surface area (TPSA) is 72.5 Å². The molecule has 0 radical (unpaired) electrons. The minimum atomic E-state index is -3.47. The molecule has 0 atom stereocenters. The zero-order chi connectivity index (χ0) is 14.3. The van der Waals surface area contributed by atoms with Gasteiger partial charge in [0.25, 0.3) is 0 Å². The van der Waals surface area contributed by atoms with Gasteiger partial charge in [-0.25, -0.2) is 13.1 Å². The number of hydrogen-bond acceptors (Lipinski definition) is 4. The van der Waals surface area contributed by atoms with Crippen LogP contribution in [0.5, 0.6) is 0 Å². The molecule has 1 N–H and O–H groups in total. The van der Waals surface area contributed by atoms with Crippen LogP contribution in [0, 0.1) is 0 Å². The van der Waals surface area contributed by atoms with Crippen LogP contribution in [0.2, 0.25) is 0 Å². The first-order chi connectivity index (χ1) is 8.93. The van der Waals surface area contributed by atoms with Crippen molar-refractivity contribution in [1.82, 2.24) is 4.72 Å². The third kappa shape index (κ3) is 6.70. The zero-order valence-corrected chi connectivity index (χ0v) is 13.0. The lowest BCUT2D eigenvalue weighted by molar-refractivity contribution is -0.142. The number of ether oxygens (including phenoxy) is 1. The molecule has 0 aliphatic heterocycles. The van der Waals surface area contributed by atoms with Crippen LogP contribution >= 0.6 is 15.9 Å². The standard InChI is InChI=1S/C12H16BrNO4S/c1-2-18-12(15)7-8-19(16,17)14-9-10-3-5-11(13)6-4-10/h3-6,14H,2,7-9H2,1H3. The monoisotopic (exact) mass is 349 g/mol. The molecule has 0 aliphatic rings. The summed E-state index contributed by atoms with van der Waals surface area (Å²) in [7, 11) is -3.47. The Balaban J connectivity index is 2.42. The van der Waals surface area contributed by atoms with Crippen LogP contribution < -0.4 is 4.72 Å². The second-order valence-corrected chi connectivity index (χ2v) is 6.66. The van der Waals surface area contributed by atoms with E-state index in [4.69, 9.17) is 0 Å². The SMILES string of the molecule is CCOC(=O)CCS(=O)(=O)NCc1ccc(Br)cc1. The lowest BCUT2D eigenvalue weighted by Crippen LogP contribution is -2.27. The van der Waals surface area contributed by atoms with Gasteiger partial charge in [0.1, 0.15) is 0 Å². The smallest absolute Gasteiger partial charge is 0.306 e. The molecule has 0 heterocycles. The van der Waals surface area contributed by atoms with Gasteiger partial charge < -0.3 is 4.74 Å². The average Bonchev–Trinajstić information content (AvgIpc) is 2.36. The summed E-state index contributed by atoms with van der Waals surface area (Å²) >= 11 is 3.30. The Labute approximate surface area is 121 Å². The molecule has 7 heteroatoms. The quantitative estimate of drug-likeness (QED) is 0.762. The number of halogens is 1. The van der Waals surface area contributed by atoms with Crippen LogP contribution in [0.4, 0.5) is 0 Å². The maximum absolute atomic E-state index is 11.7. The maximum Gasteiger partial charge on any atom is 0.306 e. The summed E-state index contributed by atoms with van der Waals surface area (Å²) in [5, 5.41) is 0. The zero-order valence-electron chi connectivity index (χ0n) is 10.6. The number of benzene rings is 1. The molecule has 0 fully saturated rings. The molecule has 19 heavy (non-hydrogen) atoms. The van der Waals surface area contributed by atoms with Gasteiger partial charge in [0.15, 0.2) is 0 Å². The van der Waals surface area contributed by atoms with Crippen molar-refractivity contribution in [2.24, 2.45) is 0 Å². The first-order valence-electron chi connectivity index (χ1n) is 5.80. The van der Waals surface area contributed by atoms with E-state index in [-0.39, 0.29) is 25.3 Å². The van der Waals surface area contributed by atoms with E-state index in [2.05, 4.69) is 25.4 Å². The second-order valence-electron chi connectivity index (χ2n) is 3.82. The Morgan fingerprint density at radius 1 is 1.32 bits per heavy atom. The molecule has 0 saturated heterocycles. The van der Waals surface area contributed by atoms with E-state index in [0.717, 1.165) is 10.0 Å². The van der Waals surface area contributed by atoms with E-state index in [1.165, 1.54) is 0 Å². The van der Waals surface area contributed by atoms with Gasteiger partial charge in [-0.2, -0.15) is 0 Å². The van der Waals surface area contributed by atoms with Crippen molar-refractivity contribution >= 4 is 31.9 Å². The third-order valence-corrected chi connectivity index (χ3v) is 4.14. The number of nitrogens with one attached hydrogen (secondary N) is 1. The fourth-order valence-corrected chi connectivity index (χ4v) is 2.55. The Morgan fingerprint density at radius 3 is 2.53 bits per heavy atom. The summed E-state index contributed by atoms with van der Waals surface area (Å²) in [6.45, 7) is 2.14. The van der Waals surface area contributed by atoms with Gasteiger partial charge in [-0.15, -0.1) is 0 Å². The molecule has 0 saturated carbocycles. The molecule has 1 aromatic rings. The fourth-order valence-electron chi connectivity index (χ4n) is 1.32. The number of carbonyl (C=O) groups is 1. The molecule has 1 aromatic carbocycles. The number of hydrogen-bond donors (Lipinski definition) is 1. The number of carbonyl (C=O) groups excluding carboxylic acids is 1. The number of esters is 1. The predicted molar refractivity (Wildman–Crippen MR) is 76.0 cm³/mol. The fraction of sp³-hybridized carbons (Fsp3) is 0.417. The van der Waals surface area contributed by atoms with Gasteiger partial charge >= 0.3 is 5.97 Å². The summed E-state index contributed by atoms with van der Waals surface area (Å²) < 4.78 is 31.4. The normalized spacial score (nSPS) is 11.3. The summed E-state index contributed by atoms with van der Waals surface area (Å²) in [6.07, 6.45) is -0.135. The average molecular weight is 350 g/mol. The predicted octanol–water partition coefficient (Wildman–Crippen LogP) is 1.82. The highest BCUT2D eigenvalue weighted by Crippen LogP contribution is 2.10. The van der Waals surface area contributed by atoms with E-state index >= 15 is 0 Å². The van der Waals surface area contributed by atoms with Crippen LogP contribution in [0.25, 0.3) is 0 Å². The van der Waals surface area contributed by atoms with Crippen molar-refractivity contribution in [2.75, 3.05) is 12.4 Å². The molecule has 5 nitrogen and oxygen atoms in total. The van der Waals surface area contributed by atoms with Gasteiger partial charge in [0, 0.05) is 11.0 Å². The van der Waals surface area contributed by atoms with Gasteiger partial charge in [-0.1, -0.05) is 28.1 Å². The van der Waals surface area contributed by atoms with Crippen molar-refractivity contribution in [3.05, 3.63) is 34.3 Å². The van der Waals surface area contributed by atoms with Crippen LogP contribution in [-0.4, -0.2) is 26.7 Å². The minimum Gasteiger partial charge on any atom is -0.466 e. The van der Waals surface area contributed by atoms with Crippen molar-refractivity contribution in [3.8, 4) is 0 Å². The molecule has 0 spiro atoms. The second kappa shape index (κ2) is 7.62.